The molecule has 0 aliphatic carbocycles. The molecule has 0 bridgehead atoms. The van der Waals surface area contributed by atoms with Crippen molar-refractivity contribution in [2.75, 3.05) is 26.9 Å². The van der Waals surface area contributed by atoms with E-state index in [2.05, 4.69) is 211 Å². The highest BCUT2D eigenvalue weighted by Gasteiger charge is 2.60. The summed E-state index contributed by atoms with van der Waals surface area (Å²) in [5.41, 5.74) is 2.73. The van der Waals surface area contributed by atoms with Crippen LogP contribution in [0.5, 0.6) is 0 Å². The molecule has 6 saturated heterocycles. The molecular weight excluding hydrogens is 1490 g/mol. The topological polar surface area (TPSA) is 174 Å². The summed E-state index contributed by atoms with van der Waals surface area (Å²) < 4.78 is 119. The predicted octanol–water partition coefficient (Wildman–Crippen LogP) is 19.3. The minimum absolute atomic E-state index is 0.0344. The Morgan fingerprint density at radius 1 is 0.683 bits per heavy atom. The van der Waals surface area contributed by atoms with E-state index in [0.717, 1.165) is 49.7 Å². The normalized spacial score (nSPS) is 31.0. The molecule has 6 heterocycles. The van der Waals surface area contributed by atoms with E-state index in [9.17, 15) is 8.76 Å². The lowest BCUT2D eigenvalue weighted by atomic mass is 9.77. The molecular formula is C78H139IO16SSi5. The van der Waals surface area contributed by atoms with E-state index in [-0.39, 0.29) is 85.0 Å². The van der Waals surface area contributed by atoms with Crippen LogP contribution in [0.4, 0.5) is 0 Å². The summed E-state index contributed by atoms with van der Waals surface area (Å²) in [5, 5.41) is -0.606. The number of carbonyl (C=O) groups excluding carboxylic acids is 1. The number of ether oxygens (including phenoxy) is 8. The van der Waals surface area contributed by atoms with Gasteiger partial charge < -0.3 is 64.6 Å². The molecule has 6 fully saturated rings. The van der Waals surface area contributed by atoms with E-state index in [1.807, 2.05) is 10.1 Å². The Kier molecular flexibility index (Phi) is 29.9. The van der Waals surface area contributed by atoms with Crippen molar-refractivity contribution in [3.63, 3.8) is 0 Å². The van der Waals surface area contributed by atoms with Gasteiger partial charge in [-0.05, 0) is 181 Å². The average Bonchev–Trinajstić information content (AvgIpc) is 1.20. The number of rotatable bonds is 30. The zero-order valence-corrected chi connectivity index (χ0v) is 75.6. The van der Waals surface area contributed by atoms with Crippen molar-refractivity contribution in [3.8, 4) is 0 Å². The summed E-state index contributed by atoms with van der Waals surface area (Å²) in [6.45, 7) is 70.0. The number of methoxy groups -OCH3 is 1. The second-order valence-corrected chi connectivity index (χ2v) is 63.7. The van der Waals surface area contributed by atoms with Crippen LogP contribution >= 0.6 is 22.6 Å². The molecule has 0 aromatic heterocycles. The Hall–Kier alpha value is -0.486. The molecule has 6 aliphatic rings. The molecule has 6 aliphatic heterocycles. The van der Waals surface area contributed by atoms with Gasteiger partial charge in [-0.3, -0.25) is 4.79 Å². The van der Waals surface area contributed by atoms with Gasteiger partial charge in [-0.1, -0.05) is 159 Å². The van der Waals surface area contributed by atoms with Gasteiger partial charge in [0.1, 0.15) is 30.2 Å². The van der Waals surface area contributed by atoms with E-state index in [4.69, 9.17) is 66.6 Å². The lowest BCUT2D eigenvalue weighted by molar-refractivity contribution is -0.268. The van der Waals surface area contributed by atoms with Gasteiger partial charge in [0, 0.05) is 38.7 Å². The number of ketones is 1. The van der Waals surface area contributed by atoms with E-state index >= 15 is 4.79 Å². The summed E-state index contributed by atoms with van der Waals surface area (Å²) in [7, 11) is -10.7. The Morgan fingerprint density at radius 3 is 1.81 bits per heavy atom. The van der Waals surface area contributed by atoms with Crippen LogP contribution in [-0.4, -0.2) is 181 Å². The maximum atomic E-state index is 16.7. The van der Waals surface area contributed by atoms with E-state index < -0.39 is 126 Å². The molecule has 23 heteroatoms. The molecule has 7 rings (SSSR count). The van der Waals surface area contributed by atoms with Crippen molar-refractivity contribution in [2.45, 2.75) is 381 Å². The number of Topliss-reactive ketones (excluding diaryl/α,β-unsaturated/α-hetero) is 1. The Balaban J connectivity index is 1.30. The van der Waals surface area contributed by atoms with E-state index in [1.165, 1.54) is 0 Å². The van der Waals surface area contributed by atoms with Crippen molar-refractivity contribution < 1.29 is 73.6 Å². The van der Waals surface area contributed by atoms with Gasteiger partial charge in [0.25, 0.3) is 0 Å². The molecule has 0 radical (unpaired) electrons. The van der Waals surface area contributed by atoms with Crippen molar-refractivity contribution in [1.29, 1.82) is 0 Å². The molecule has 5 unspecified atom stereocenters. The number of carbonyl (C=O) groups is 1. The van der Waals surface area contributed by atoms with Crippen LogP contribution in [0.3, 0.4) is 0 Å². The summed E-state index contributed by atoms with van der Waals surface area (Å²) in [6, 6.07) is 7.04. The van der Waals surface area contributed by atoms with Crippen molar-refractivity contribution in [2.24, 2.45) is 11.8 Å². The molecule has 580 valence electrons. The first-order chi connectivity index (χ1) is 46.3. The molecule has 19 atom stereocenters. The van der Waals surface area contributed by atoms with E-state index in [1.54, 1.807) is 25.3 Å². The Bertz CT molecular complexity index is 2960. The van der Waals surface area contributed by atoms with Crippen LogP contribution in [-0.2, 0) is 75.9 Å². The number of hydrogen-bond acceptors (Lipinski definition) is 15. The van der Waals surface area contributed by atoms with Crippen LogP contribution in [0.25, 0.3) is 0 Å². The van der Waals surface area contributed by atoms with Crippen molar-refractivity contribution >= 4 is 81.0 Å². The van der Waals surface area contributed by atoms with Gasteiger partial charge >= 0.3 is 0 Å². The van der Waals surface area contributed by atoms with Gasteiger partial charge in [-0.15, -0.1) is 0 Å². The van der Waals surface area contributed by atoms with Crippen LogP contribution in [0.1, 0.15) is 193 Å². The third kappa shape index (κ3) is 22.0. The largest absolute Gasteiger partial charge is 0.414 e. The first-order valence-electron chi connectivity index (χ1n) is 38.1. The fraction of sp³-hybridized carbons (Fsp3) is 0.833. The fourth-order valence-electron chi connectivity index (χ4n) is 14.1. The first-order valence-corrected chi connectivity index (χ1v) is 55.0. The summed E-state index contributed by atoms with van der Waals surface area (Å²) in [6.07, 6.45) is 2.38. The standard InChI is InChI=1S/C78H139IO16SSi5/c1-50-43-54(33-35-60-51(2)44-55(87-60)34-38-67-84-41-42-85-67)88-64(52(50)3)48-65-58(69(83-19)66(89-65)46-56(92-98(22,23)75(7,8)9)49-86-97(20,21)74(4,5)6)47-59(80)68(53-31-30-32-57(45-53)96(81)82)61-36-37-62-70(90-61)72(94-100(26,27)77(13,14)15)73(95-101(28,29)78(16,17)18)71(91-62)63(39-40-79)93-99(24,25)76(10,11)12/h30-32,39-40,45,50,54-56,58,60-73H,2-3,33-38,41-44,46-49H2,1,4-29H3,(H,81,82)/b40-39+/t50-,54+,55+,56+,58+,60+,61-,62+,63?,64-,65+,66-,68?,69-,70+,71+,72?,73?/m1/s1. The minimum atomic E-state index is -2.66. The number of benzene rings is 1. The molecule has 0 spiro atoms. The highest BCUT2D eigenvalue weighted by molar-refractivity contribution is 14.1. The van der Waals surface area contributed by atoms with Crippen LogP contribution < -0.4 is 0 Å². The highest BCUT2D eigenvalue weighted by atomic mass is 127. The van der Waals surface area contributed by atoms with Crippen molar-refractivity contribution in [1.82, 2.24) is 0 Å². The quantitative estimate of drug-likeness (QED) is 0.0333. The molecule has 1 aromatic carbocycles. The van der Waals surface area contributed by atoms with Crippen molar-refractivity contribution in [3.05, 3.63) is 64.3 Å². The van der Waals surface area contributed by atoms with Gasteiger partial charge in [-0.2, -0.15) is 0 Å². The molecule has 101 heavy (non-hydrogen) atoms. The highest BCUT2D eigenvalue weighted by Crippen LogP contribution is 2.51. The second kappa shape index (κ2) is 34.4. The molecule has 1 N–H and O–H groups in total. The summed E-state index contributed by atoms with van der Waals surface area (Å²) in [4.78, 5) is 16.9. The van der Waals surface area contributed by atoms with Crippen LogP contribution in [0, 0.1) is 11.8 Å². The third-order valence-electron chi connectivity index (χ3n) is 25.6. The number of halogens is 1. The van der Waals surface area contributed by atoms with E-state index in [0.29, 0.717) is 51.1 Å². The number of fused-ring (bicyclic) bond motifs is 1. The fourth-order valence-corrected chi connectivity index (χ4v) is 21.1. The molecule has 1 aromatic rings. The van der Waals surface area contributed by atoms with Gasteiger partial charge in [0.15, 0.2) is 59.0 Å². The van der Waals surface area contributed by atoms with Gasteiger partial charge in [0.2, 0.25) is 0 Å². The lowest BCUT2D eigenvalue weighted by Gasteiger charge is -2.56. The zero-order valence-electron chi connectivity index (χ0n) is 67.6. The lowest BCUT2D eigenvalue weighted by Crippen LogP contribution is -2.69. The molecule has 0 amide bonds. The van der Waals surface area contributed by atoms with Crippen LogP contribution in [0.2, 0.25) is 90.7 Å². The van der Waals surface area contributed by atoms with Gasteiger partial charge in [-0.25, -0.2) is 4.21 Å². The summed E-state index contributed by atoms with van der Waals surface area (Å²) >= 11 is -0.0382. The van der Waals surface area contributed by atoms with Crippen LogP contribution in [0.15, 0.2) is 63.6 Å². The average molecular weight is 1630 g/mol. The SMILES string of the molecule is C=C1C[C@H](CCC2OCCO2)O[C@H]1CC[C@H]1C[C@@H](C)C(=C)[C@@H](C[C@@H]2O[C@H](C[C@@H](CO[Si](C)(C)C(C)(C)C)O[Si](C)(C)C(C)(C)C)[C@H](OC)[C@H]2CC(=O)C(c2cccc(S(=O)O)c2)[C@H]2CC[C@@H]3O[C@@H](C(/C=C/I)O[Si](C)(C)C(C)(C)C)C(O[Si](C)(C)C(C)(C)C)C(O[Si](C)(C)C(C)(C)C)[C@H]3O2)O1. The predicted molar refractivity (Wildman–Crippen MR) is 429 cm³/mol. The zero-order chi connectivity index (χ0) is 75.8. The molecule has 0 saturated carbocycles. The number of hydrogen-bond donors (Lipinski definition) is 1. The minimum Gasteiger partial charge on any atom is -0.414 e. The molecule has 16 nitrogen and oxygen atoms in total. The smallest absolute Gasteiger partial charge is 0.193 e. The van der Waals surface area contributed by atoms with Gasteiger partial charge in [0.05, 0.1) is 97.8 Å². The second-order valence-electron chi connectivity index (χ2n) is 38.2. The first kappa shape index (κ1) is 87.7. The Morgan fingerprint density at radius 2 is 1.25 bits per heavy atom. The maximum absolute atomic E-state index is 16.7. The summed E-state index contributed by atoms with van der Waals surface area (Å²) in [5.74, 6) is -1.29. The third-order valence-corrected chi connectivity index (χ3v) is 49.2. The maximum Gasteiger partial charge on any atom is 0.193 e. The monoisotopic (exact) mass is 1630 g/mol. The Labute approximate surface area is 633 Å².